The number of anilines is 2. The number of amides is 2. The van der Waals surface area contributed by atoms with Crippen LogP contribution < -0.4 is 15.6 Å². The van der Waals surface area contributed by atoms with E-state index in [9.17, 15) is 14.0 Å². The zero-order chi connectivity index (χ0) is 23.2. The van der Waals surface area contributed by atoms with E-state index in [1.165, 1.54) is 17.9 Å². The van der Waals surface area contributed by atoms with Crippen molar-refractivity contribution in [1.82, 2.24) is 10.3 Å². The van der Waals surface area contributed by atoms with Crippen LogP contribution in [-0.4, -0.2) is 42.4 Å². The van der Waals surface area contributed by atoms with Crippen LogP contribution in [0.2, 0.25) is 0 Å². The lowest BCUT2D eigenvalue weighted by atomic mass is 10.0. The number of hydrogen-bond donors (Lipinski definition) is 2. The average Bonchev–Trinajstić information content (AvgIpc) is 3.19. The van der Waals surface area contributed by atoms with Gasteiger partial charge in [-0.2, -0.15) is 5.10 Å². The molecule has 1 aliphatic rings. The first-order valence-electron chi connectivity index (χ1n) is 10.3. The molecule has 1 aliphatic heterocycles. The molecule has 3 aromatic rings. The number of halogens is 1. The minimum atomic E-state index is -0.569. The molecular formula is C24H22FN5O3. The number of hydrazone groups is 1. The van der Waals surface area contributed by atoms with Gasteiger partial charge in [0.15, 0.2) is 0 Å². The maximum atomic E-state index is 14.9. The maximum Gasteiger partial charge on any atom is 0.414 e. The molecule has 4 rings (SSSR count). The van der Waals surface area contributed by atoms with Crippen molar-refractivity contribution in [2.45, 2.75) is 13.0 Å². The monoisotopic (exact) mass is 447 g/mol. The van der Waals surface area contributed by atoms with Gasteiger partial charge >= 0.3 is 6.09 Å². The van der Waals surface area contributed by atoms with Gasteiger partial charge in [-0.05, 0) is 41.5 Å². The summed E-state index contributed by atoms with van der Waals surface area (Å²) in [4.78, 5) is 28.7. The summed E-state index contributed by atoms with van der Waals surface area (Å²) in [6.07, 6.45) is 2.27. The van der Waals surface area contributed by atoms with Crippen LogP contribution in [0.1, 0.15) is 12.5 Å². The highest BCUT2D eigenvalue weighted by Gasteiger charge is 2.32. The largest absolute Gasteiger partial charge is 0.442 e. The average molecular weight is 447 g/mol. The number of carbonyl (C=O) groups is 2. The van der Waals surface area contributed by atoms with Gasteiger partial charge in [0, 0.05) is 18.7 Å². The summed E-state index contributed by atoms with van der Waals surface area (Å²) in [5.74, 6) is -0.0265. The van der Waals surface area contributed by atoms with E-state index in [2.05, 4.69) is 20.8 Å². The fourth-order valence-electron chi connectivity index (χ4n) is 3.35. The van der Waals surface area contributed by atoms with Gasteiger partial charge in [0.25, 0.3) is 0 Å². The lowest BCUT2D eigenvalue weighted by molar-refractivity contribution is -0.119. The summed E-state index contributed by atoms with van der Waals surface area (Å²) in [5.41, 5.74) is 5.18. The minimum Gasteiger partial charge on any atom is -0.442 e. The molecule has 33 heavy (non-hydrogen) atoms. The first kappa shape index (κ1) is 21.9. The number of rotatable bonds is 7. The second-order valence-corrected chi connectivity index (χ2v) is 7.42. The molecule has 1 saturated heterocycles. The first-order chi connectivity index (χ1) is 16.0. The summed E-state index contributed by atoms with van der Waals surface area (Å²) in [6, 6.07) is 17.4. The van der Waals surface area contributed by atoms with Gasteiger partial charge in [0.05, 0.1) is 25.0 Å². The number of pyridine rings is 1. The van der Waals surface area contributed by atoms with Crippen molar-refractivity contribution in [1.29, 1.82) is 0 Å². The summed E-state index contributed by atoms with van der Waals surface area (Å²) in [5, 5.41) is 6.75. The Bertz CT molecular complexity index is 1170. The highest BCUT2D eigenvalue weighted by molar-refractivity contribution is 5.90. The summed E-state index contributed by atoms with van der Waals surface area (Å²) >= 11 is 0. The van der Waals surface area contributed by atoms with Gasteiger partial charge in [0.1, 0.15) is 17.7 Å². The van der Waals surface area contributed by atoms with Crippen LogP contribution in [-0.2, 0) is 9.53 Å². The van der Waals surface area contributed by atoms with E-state index >= 15 is 0 Å². The van der Waals surface area contributed by atoms with Crippen molar-refractivity contribution in [2.24, 2.45) is 5.10 Å². The first-order valence-corrected chi connectivity index (χ1v) is 10.3. The molecule has 0 aliphatic carbocycles. The molecule has 2 amide bonds. The Kier molecular flexibility index (Phi) is 6.58. The number of cyclic esters (lactones) is 1. The van der Waals surface area contributed by atoms with Gasteiger partial charge in [0.2, 0.25) is 5.91 Å². The van der Waals surface area contributed by atoms with Gasteiger partial charge in [-0.3, -0.25) is 15.1 Å². The Morgan fingerprint density at radius 2 is 2.06 bits per heavy atom. The summed E-state index contributed by atoms with van der Waals surface area (Å²) in [6.45, 7) is 1.84. The predicted molar refractivity (Wildman–Crippen MR) is 124 cm³/mol. The van der Waals surface area contributed by atoms with Crippen molar-refractivity contribution < 1.29 is 18.7 Å². The molecule has 1 unspecified atom stereocenters. The SMILES string of the molecule is CC(=O)NCC1CN(c2ccc(-c3ccc(/C=N/Nc4ccccn4)cc3)c(F)c2)C(=O)O1. The normalized spacial score (nSPS) is 15.5. The summed E-state index contributed by atoms with van der Waals surface area (Å²) < 4.78 is 20.1. The molecule has 1 fully saturated rings. The van der Waals surface area contributed by atoms with E-state index in [1.807, 2.05) is 24.3 Å². The second-order valence-electron chi connectivity index (χ2n) is 7.42. The third-order valence-electron chi connectivity index (χ3n) is 5.00. The van der Waals surface area contributed by atoms with Crippen LogP contribution in [0, 0.1) is 5.82 Å². The van der Waals surface area contributed by atoms with E-state index in [1.54, 1.807) is 42.7 Å². The quantitative estimate of drug-likeness (QED) is 0.424. The van der Waals surface area contributed by atoms with Crippen molar-refractivity contribution in [2.75, 3.05) is 23.4 Å². The zero-order valence-electron chi connectivity index (χ0n) is 17.9. The number of carbonyl (C=O) groups excluding carboxylic acids is 2. The van der Waals surface area contributed by atoms with Gasteiger partial charge in [-0.25, -0.2) is 14.2 Å². The lowest BCUT2D eigenvalue weighted by Crippen LogP contribution is -2.33. The van der Waals surface area contributed by atoms with Crippen molar-refractivity contribution in [3.05, 3.63) is 78.2 Å². The Morgan fingerprint density at radius 3 is 2.76 bits per heavy atom. The molecule has 0 radical (unpaired) electrons. The molecular weight excluding hydrogens is 425 g/mol. The highest BCUT2D eigenvalue weighted by Crippen LogP contribution is 2.29. The lowest BCUT2D eigenvalue weighted by Gasteiger charge is -2.14. The van der Waals surface area contributed by atoms with E-state index in [0.29, 0.717) is 22.6 Å². The van der Waals surface area contributed by atoms with E-state index < -0.39 is 18.0 Å². The van der Waals surface area contributed by atoms with Crippen LogP contribution in [0.3, 0.4) is 0 Å². The van der Waals surface area contributed by atoms with Crippen LogP contribution >= 0.6 is 0 Å². The Hall–Kier alpha value is -4.27. The number of benzene rings is 2. The molecule has 8 nitrogen and oxygen atoms in total. The molecule has 0 saturated carbocycles. The molecule has 1 atom stereocenters. The number of nitrogens with one attached hydrogen (secondary N) is 2. The van der Waals surface area contributed by atoms with Crippen LogP contribution in [0.5, 0.6) is 0 Å². The molecule has 2 aromatic carbocycles. The van der Waals surface area contributed by atoms with Crippen molar-refractivity contribution in [3.8, 4) is 11.1 Å². The van der Waals surface area contributed by atoms with E-state index in [0.717, 1.165) is 5.56 Å². The summed E-state index contributed by atoms with van der Waals surface area (Å²) in [7, 11) is 0. The van der Waals surface area contributed by atoms with Crippen molar-refractivity contribution in [3.63, 3.8) is 0 Å². The van der Waals surface area contributed by atoms with E-state index in [4.69, 9.17) is 4.74 Å². The zero-order valence-corrected chi connectivity index (χ0v) is 17.9. The fourth-order valence-corrected chi connectivity index (χ4v) is 3.35. The van der Waals surface area contributed by atoms with Gasteiger partial charge in [-0.15, -0.1) is 0 Å². The Morgan fingerprint density at radius 1 is 1.24 bits per heavy atom. The van der Waals surface area contributed by atoms with Crippen LogP contribution in [0.15, 0.2) is 72.0 Å². The topological polar surface area (TPSA) is 95.9 Å². The third kappa shape index (κ3) is 5.51. The molecule has 9 heteroatoms. The Labute approximate surface area is 190 Å². The Balaban J connectivity index is 1.41. The molecule has 0 bridgehead atoms. The number of nitrogens with zero attached hydrogens (tertiary/aromatic N) is 3. The standard InChI is InChI=1S/C24H22FN5O3/c1-16(31)27-14-20-15-30(24(32)33-20)19-9-10-21(22(25)12-19)18-7-5-17(6-8-18)13-28-29-23-4-2-3-11-26-23/h2-13,20H,14-15H2,1H3,(H,26,29)(H,27,31)/b28-13+. The van der Waals surface area contributed by atoms with Crippen LogP contribution in [0.25, 0.3) is 11.1 Å². The predicted octanol–water partition coefficient (Wildman–Crippen LogP) is 3.80. The minimum absolute atomic E-state index is 0.207. The fraction of sp³-hybridized carbons (Fsp3) is 0.167. The van der Waals surface area contributed by atoms with Gasteiger partial charge in [-0.1, -0.05) is 30.3 Å². The molecule has 168 valence electrons. The van der Waals surface area contributed by atoms with Gasteiger partial charge < -0.3 is 10.1 Å². The smallest absolute Gasteiger partial charge is 0.414 e. The highest BCUT2D eigenvalue weighted by atomic mass is 19.1. The maximum absolute atomic E-state index is 14.9. The third-order valence-corrected chi connectivity index (χ3v) is 5.00. The number of hydrogen-bond acceptors (Lipinski definition) is 6. The van der Waals surface area contributed by atoms with Crippen LogP contribution in [0.4, 0.5) is 20.7 Å². The number of ether oxygens (including phenoxy) is 1. The molecule has 1 aromatic heterocycles. The van der Waals surface area contributed by atoms with E-state index in [-0.39, 0.29) is 19.0 Å². The molecule has 2 N–H and O–H groups in total. The number of aromatic nitrogens is 1. The molecule has 0 spiro atoms. The van der Waals surface area contributed by atoms with Crippen molar-refractivity contribution >= 4 is 29.7 Å². The second kappa shape index (κ2) is 9.90. The molecule has 2 heterocycles.